The van der Waals surface area contributed by atoms with Crippen molar-refractivity contribution in [1.82, 2.24) is 9.88 Å². The molecule has 2 fully saturated rings. The molecule has 2 atom stereocenters. The monoisotopic (exact) mass is 162 g/mol. The van der Waals surface area contributed by atoms with Crippen LogP contribution in [-0.2, 0) is 6.54 Å². The molecule has 2 heterocycles. The molecule has 2 heteroatoms. The van der Waals surface area contributed by atoms with Gasteiger partial charge in [0, 0.05) is 18.9 Å². The third-order valence-electron chi connectivity index (χ3n) is 3.36. The minimum Gasteiger partial charge on any atom is -0.354 e. The van der Waals surface area contributed by atoms with Gasteiger partial charge in [-0.1, -0.05) is 0 Å². The summed E-state index contributed by atoms with van der Waals surface area (Å²) in [6, 6.07) is 4.22. The Labute approximate surface area is 72.6 Å². The van der Waals surface area contributed by atoms with Crippen LogP contribution in [0.3, 0.4) is 0 Å². The van der Waals surface area contributed by atoms with Crippen molar-refractivity contribution in [1.29, 1.82) is 0 Å². The van der Waals surface area contributed by atoms with E-state index < -0.39 is 0 Å². The van der Waals surface area contributed by atoms with E-state index in [0.29, 0.717) is 0 Å². The third kappa shape index (κ3) is 0.911. The van der Waals surface area contributed by atoms with E-state index in [4.69, 9.17) is 0 Å². The molecule has 2 aliphatic rings. The minimum atomic E-state index is 0.971. The second-order valence-electron chi connectivity index (χ2n) is 4.03. The number of hydrogen-bond donors (Lipinski definition) is 1. The topological polar surface area (TPSA) is 17.0 Å². The van der Waals surface area contributed by atoms with Gasteiger partial charge in [0.1, 0.15) is 0 Å². The molecular formula is C10H14N2. The van der Waals surface area contributed by atoms with Gasteiger partial charge in [0.15, 0.2) is 0 Å². The van der Waals surface area contributed by atoms with Gasteiger partial charge < -0.3 is 9.88 Å². The van der Waals surface area contributed by atoms with Gasteiger partial charge in [-0.05, 0) is 43.0 Å². The third-order valence-corrected chi connectivity index (χ3v) is 3.36. The lowest BCUT2D eigenvalue weighted by molar-refractivity contribution is 0.517. The van der Waals surface area contributed by atoms with Crippen molar-refractivity contribution in [3.63, 3.8) is 0 Å². The molecule has 1 saturated carbocycles. The first kappa shape index (κ1) is 6.72. The molecule has 0 spiro atoms. The van der Waals surface area contributed by atoms with E-state index in [1.54, 1.807) is 0 Å². The van der Waals surface area contributed by atoms with Crippen LogP contribution >= 0.6 is 0 Å². The van der Waals surface area contributed by atoms with Gasteiger partial charge in [0.2, 0.25) is 0 Å². The lowest BCUT2D eigenvalue weighted by Gasteiger charge is -2.04. The van der Waals surface area contributed by atoms with Gasteiger partial charge in [-0.3, -0.25) is 0 Å². The van der Waals surface area contributed by atoms with Crippen LogP contribution in [0.15, 0.2) is 24.5 Å². The van der Waals surface area contributed by atoms with Crippen molar-refractivity contribution in [3.05, 3.63) is 24.5 Å². The highest BCUT2D eigenvalue weighted by Crippen LogP contribution is 2.49. The fraction of sp³-hybridized carbons (Fsp3) is 0.600. The highest BCUT2D eigenvalue weighted by molar-refractivity contribution is 5.04. The SMILES string of the molecule is c1ccn(CC2C3CNCC32)c1. The van der Waals surface area contributed by atoms with Gasteiger partial charge >= 0.3 is 0 Å². The van der Waals surface area contributed by atoms with Crippen LogP contribution in [-0.4, -0.2) is 17.7 Å². The van der Waals surface area contributed by atoms with Gasteiger partial charge in [-0.25, -0.2) is 0 Å². The smallest absolute Gasteiger partial charge is 0.0254 e. The first-order valence-electron chi connectivity index (χ1n) is 4.76. The van der Waals surface area contributed by atoms with Crippen LogP contribution in [0.2, 0.25) is 0 Å². The van der Waals surface area contributed by atoms with Crippen molar-refractivity contribution in [2.75, 3.05) is 13.1 Å². The summed E-state index contributed by atoms with van der Waals surface area (Å²) in [6.07, 6.45) is 4.34. The maximum absolute atomic E-state index is 3.42. The lowest BCUT2D eigenvalue weighted by Crippen LogP contribution is -2.16. The van der Waals surface area contributed by atoms with Crippen molar-refractivity contribution in [2.45, 2.75) is 6.54 Å². The Bertz CT molecular complexity index is 255. The molecule has 0 radical (unpaired) electrons. The van der Waals surface area contributed by atoms with E-state index in [0.717, 1.165) is 17.8 Å². The zero-order valence-corrected chi connectivity index (χ0v) is 7.11. The van der Waals surface area contributed by atoms with Crippen LogP contribution in [0.5, 0.6) is 0 Å². The number of fused-ring (bicyclic) bond motifs is 1. The highest BCUT2D eigenvalue weighted by atomic mass is 15.0. The molecular weight excluding hydrogens is 148 g/mol. The number of hydrogen-bond acceptors (Lipinski definition) is 1. The molecule has 1 N–H and O–H groups in total. The van der Waals surface area contributed by atoms with Crippen molar-refractivity contribution < 1.29 is 0 Å². The summed E-state index contributed by atoms with van der Waals surface area (Å²) in [7, 11) is 0. The van der Waals surface area contributed by atoms with Gasteiger partial charge in [0.25, 0.3) is 0 Å². The van der Waals surface area contributed by atoms with Crippen molar-refractivity contribution >= 4 is 0 Å². The van der Waals surface area contributed by atoms with Gasteiger partial charge in [-0.2, -0.15) is 0 Å². The van der Waals surface area contributed by atoms with E-state index in [1.807, 2.05) is 0 Å². The Morgan fingerprint density at radius 2 is 1.83 bits per heavy atom. The summed E-state index contributed by atoms with van der Waals surface area (Å²) in [4.78, 5) is 0. The summed E-state index contributed by atoms with van der Waals surface area (Å²) in [5.41, 5.74) is 0. The predicted octanol–water partition coefficient (Wildman–Crippen LogP) is 0.954. The molecule has 0 aromatic carbocycles. The van der Waals surface area contributed by atoms with Crippen LogP contribution in [0.4, 0.5) is 0 Å². The van der Waals surface area contributed by atoms with E-state index in [-0.39, 0.29) is 0 Å². The Balaban J connectivity index is 1.65. The second-order valence-corrected chi connectivity index (χ2v) is 4.03. The molecule has 1 aromatic heterocycles. The molecule has 2 unspecified atom stereocenters. The lowest BCUT2D eigenvalue weighted by atomic mass is 10.3. The van der Waals surface area contributed by atoms with E-state index >= 15 is 0 Å². The predicted molar refractivity (Wildman–Crippen MR) is 47.8 cm³/mol. The maximum Gasteiger partial charge on any atom is 0.0254 e. The Morgan fingerprint density at radius 1 is 1.17 bits per heavy atom. The molecule has 0 bridgehead atoms. The number of piperidine rings is 1. The first-order valence-corrected chi connectivity index (χ1v) is 4.76. The first-order chi connectivity index (χ1) is 5.95. The van der Waals surface area contributed by atoms with E-state index in [9.17, 15) is 0 Å². The molecule has 1 aromatic rings. The molecule has 2 nitrogen and oxygen atoms in total. The Hall–Kier alpha value is -0.760. The van der Waals surface area contributed by atoms with Crippen LogP contribution in [0.1, 0.15) is 0 Å². The quantitative estimate of drug-likeness (QED) is 0.685. The standard InChI is InChI=1S/C10H14N2/c1-2-4-12(3-1)7-10-8-5-11-6-9(8)10/h1-4,8-11H,5-7H2. The zero-order valence-electron chi connectivity index (χ0n) is 7.11. The largest absolute Gasteiger partial charge is 0.354 e. The van der Waals surface area contributed by atoms with Crippen LogP contribution < -0.4 is 5.32 Å². The summed E-state index contributed by atoms with van der Waals surface area (Å²) in [5, 5.41) is 3.42. The maximum atomic E-state index is 3.42. The van der Waals surface area contributed by atoms with Gasteiger partial charge in [0.05, 0.1) is 0 Å². The Morgan fingerprint density at radius 3 is 2.50 bits per heavy atom. The molecule has 64 valence electrons. The highest BCUT2D eigenvalue weighted by Gasteiger charge is 2.52. The minimum absolute atomic E-state index is 0.971. The van der Waals surface area contributed by atoms with E-state index in [1.165, 1.54) is 19.6 Å². The molecule has 12 heavy (non-hydrogen) atoms. The average Bonchev–Trinajstić information content (AvgIpc) is 2.59. The second kappa shape index (κ2) is 2.36. The zero-order chi connectivity index (χ0) is 7.97. The van der Waals surface area contributed by atoms with Gasteiger partial charge in [-0.15, -0.1) is 0 Å². The number of rotatable bonds is 2. The fourth-order valence-electron chi connectivity index (χ4n) is 2.55. The number of aromatic nitrogens is 1. The molecule has 3 rings (SSSR count). The normalized spacial score (nSPS) is 38.2. The van der Waals surface area contributed by atoms with Crippen LogP contribution in [0.25, 0.3) is 0 Å². The summed E-state index contributed by atoms with van der Waals surface area (Å²) >= 11 is 0. The van der Waals surface area contributed by atoms with E-state index in [2.05, 4.69) is 34.4 Å². The summed E-state index contributed by atoms with van der Waals surface area (Å²) in [5.74, 6) is 2.96. The number of nitrogens with one attached hydrogen (secondary N) is 1. The molecule has 1 aliphatic carbocycles. The number of nitrogens with zero attached hydrogens (tertiary/aromatic N) is 1. The fourth-order valence-corrected chi connectivity index (χ4v) is 2.55. The molecule has 0 amide bonds. The molecule has 1 aliphatic heterocycles. The van der Waals surface area contributed by atoms with Crippen LogP contribution in [0, 0.1) is 17.8 Å². The molecule has 1 saturated heterocycles. The summed E-state index contributed by atoms with van der Waals surface area (Å²) in [6.45, 7) is 3.76. The summed E-state index contributed by atoms with van der Waals surface area (Å²) < 4.78 is 2.31. The Kier molecular flexibility index (Phi) is 1.32. The van der Waals surface area contributed by atoms with Crippen molar-refractivity contribution in [3.8, 4) is 0 Å². The van der Waals surface area contributed by atoms with Crippen molar-refractivity contribution in [2.24, 2.45) is 17.8 Å². The average molecular weight is 162 g/mol.